The molecule has 1 saturated carbocycles. The van der Waals surface area contributed by atoms with E-state index in [1.54, 1.807) is 0 Å². The first-order chi connectivity index (χ1) is 12.0. The van der Waals surface area contributed by atoms with Crippen LogP contribution in [0.4, 0.5) is 0 Å². The Labute approximate surface area is 146 Å². The third-order valence-electron chi connectivity index (χ3n) is 5.40. The molecular formula is C20H22N2O3. The Kier molecular flexibility index (Phi) is 3.67. The van der Waals surface area contributed by atoms with E-state index in [1.807, 2.05) is 44.2 Å². The van der Waals surface area contributed by atoms with Gasteiger partial charge >= 0.3 is 5.97 Å². The van der Waals surface area contributed by atoms with Gasteiger partial charge in [0.1, 0.15) is 0 Å². The van der Waals surface area contributed by atoms with Gasteiger partial charge in [0, 0.05) is 24.0 Å². The standard InChI is InChI=1S/C20H22N2O3/c1-12-11-17(13(2)22(12)15-7-8-15)19(23)21-10-9-14-5-3-4-6-16(14)18(21)20(24)25/h3-6,11,15,18H,7-10H2,1-2H3,(H,24,25)/t18-/m1/s1. The van der Waals surface area contributed by atoms with Gasteiger partial charge in [-0.15, -0.1) is 0 Å². The van der Waals surface area contributed by atoms with Crippen molar-refractivity contribution in [2.24, 2.45) is 0 Å². The number of carbonyl (C=O) groups is 2. The van der Waals surface area contributed by atoms with Crippen molar-refractivity contribution in [3.05, 3.63) is 58.4 Å². The minimum Gasteiger partial charge on any atom is -0.479 e. The highest BCUT2D eigenvalue weighted by Gasteiger charge is 2.38. The molecule has 0 bridgehead atoms. The second-order valence-corrected chi connectivity index (χ2v) is 7.07. The fraction of sp³-hybridized carbons (Fsp3) is 0.400. The fourth-order valence-corrected chi connectivity index (χ4v) is 4.09. The van der Waals surface area contributed by atoms with Gasteiger partial charge in [0.05, 0.1) is 5.56 Å². The highest BCUT2D eigenvalue weighted by Crippen LogP contribution is 2.39. The van der Waals surface area contributed by atoms with Crippen LogP contribution in [0, 0.1) is 13.8 Å². The van der Waals surface area contributed by atoms with E-state index in [0.29, 0.717) is 24.6 Å². The summed E-state index contributed by atoms with van der Waals surface area (Å²) in [7, 11) is 0. The second-order valence-electron chi connectivity index (χ2n) is 7.07. The van der Waals surface area contributed by atoms with Crippen LogP contribution in [0.25, 0.3) is 0 Å². The highest BCUT2D eigenvalue weighted by molar-refractivity contribution is 5.98. The lowest BCUT2D eigenvalue weighted by molar-refractivity contribution is -0.143. The van der Waals surface area contributed by atoms with Crippen LogP contribution >= 0.6 is 0 Å². The van der Waals surface area contributed by atoms with E-state index >= 15 is 0 Å². The number of aromatic nitrogens is 1. The van der Waals surface area contributed by atoms with E-state index in [-0.39, 0.29) is 5.91 Å². The first kappa shape index (κ1) is 15.9. The second kappa shape index (κ2) is 5.76. The molecule has 5 heteroatoms. The van der Waals surface area contributed by atoms with Crippen LogP contribution in [0.1, 0.15) is 57.8 Å². The number of fused-ring (bicyclic) bond motifs is 1. The lowest BCUT2D eigenvalue weighted by atomic mass is 9.92. The summed E-state index contributed by atoms with van der Waals surface area (Å²) in [6, 6.07) is 9.02. The van der Waals surface area contributed by atoms with Gasteiger partial charge in [-0.2, -0.15) is 0 Å². The van der Waals surface area contributed by atoms with Crippen molar-refractivity contribution in [3.63, 3.8) is 0 Å². The van der Waals surface area contributed by atoms with Gasteiger partial charge in [0.25, 0.3) is 5.91 Å². The maximum Gasteiger partial charge on any atom is 0.331 e. The lowest BCUT2D eigenvalue weighted by Crippen LogP contribution is -2.43. The number of rotatable bonds is 3. The Morgan fingerprint density at radius 3 is 2.56 bits per heavy atom. The molecule has 2 aromatic rings. The summed E-state index contributed by atoms with van der Waals surface area (Å²) in [5, 5.41) is 9.78. The zero-order chi connectivity index (χ0) is 17.7. The van der Waals surface area contributed by atoms with Gasteiger partial charge < -0.3 is 14.6 Å². The zero-order valence-electron chi connectivity index (χ0n) is 14.5. The van der Waals surface area contributed by atoms with Crippen molar-refractivity contribution < 1.29 is 14.7 Å². The molecule has 2 aliphatic rings. The largest absolute Gasteiger partial charge is 0.479 e. The van der Waals surface area contributed by atoms with Crippen LogP contribution in [-0.2, 0) is 11.2 Å². The molecule has 1 aliphatic heterocycles. The predicted molar refractivity (Wildman–Crippen MR) is 93.7 cm³/mol. The quantitative estimate of drug-likeness (QED) is 0.934. The number of carbonyl (C=O) groups excluding carboxylic acids is 1. The van der Waals surface area contributed by atoms with Crippen LogP contribution in [0.15, 0.2) is 30.3 Å². The van der Waals surface area contributed by atoms with E-state index < -0.39 is 12.0 Å². The molecule has 1 atom stereocenters. The molecule has 1 aromatic carbocycles. The topological polar surface area (TPSA) is 62.5 Å². The van der Waals surface area contributed by atoms with Gasteiger partial charge in [-0.05, 0) is 50.3 Å². The molecule has 130 valence electrons. The van der Waals surface area contributed by atoms with Crippen LogP contribution in [-0.4, -0.2) is 33.0 Å². The lowest BCUT2D eigenvalue weighted by Gasteiger charge is -2.34. The van der Waals surface area contributed by atoms with E-state index in [4.69, 9.17) is 0 Å². The van der Waals surface area contributed by atoms with E-state index in [2.05, 4.69) is 4.57 Å². The van der Waals surface area contributed by atoms with E-state index in [9.17, 15) is 14.7 Å². The predicted octanol–water partition coefficient (Wildman–Crippen LogP) is 3.26. The summed E-state index contributed by atoms with van der Waals surface area (Å²) >= 11 is 0. The number of hydrogen-bond acceptors (Lipinski definition) is 2. The number of amides is 1. The molecule has 2 heterocycles. The van der Waals surface area contributed by atoms with Crippen LogP contribution in [0.3, 0.4) is 0 Å². The summed E-state index contributed by atoms with van der Waals surface area (Å²) in [6.45, 7) is 4.41. The van der Waals surface area contributed by atoms with Crippen molar-refractivity contribution in [3.8, 4) is 0 Å². The summed E-state index contributed by atoms with van der Waals surface area (Å²) < 4.78 is 2.22. The minimum atomic E-state index is -0.975. The number of carboxylic acid groups (broad SMARTS) is 1. The highest BCUT2D eigenvalue weighted by atomic mass is 16.4. The number of aliphatic carboxylic acids is 1. The summed E-state index contributed by atoms with van der Waals surface area (Å²) in [5.74, 6) is -1.15. The molecule has 1 aromatic heterocycles. The monoisotopic (exact) mass is 338 g/mol. The number of aryl methyl sites for hydroxylation is 1. The van der Waals surface area contributed by atoms with Gasteiger partial charge in [-0.3, -0.25) is 4.79 Å². The first-order valence-electron chi connectivity index (χ1n) is 8.79. The number of hydrogen-bond donors (Lipinski definition) is 1. The summed E-state index contributed by atoms with van der Waals surface area (Å²) in [4.78, 5) is 26.7. The molecular weight excluding hydrogens is 316 g/mol. The smallest absolute Gasteiger partial charge is 0.331 e. The molecule has 5 nitrogen and oxygen atoms in total. The minimum absolute atomic E-state index is 0.179. The third-order valence-corrected chi connectivity index (χ3v) is 5.40. The Morgan fingerprint density at radius 2 is 1.88 bits per heavy atom. The first-order valence-corrected chi connectivity index (χ1v) is 8.79. The molecule has 0 radical (unpaired) electrons. The molecule has 0 unspecified atom stereocenters. The van der Waals surface area contributed by atoms with Crippen LogP contribution in [0.2, 0.25) is 0 Å². The SMILES string of the molecule is Cc1cc(C(=O)N2CCc3ccccc3[C@@H]2C(=O)O)c(C)n1C1CC1. The Morgan fingerprint density at radius 1 is 1.16 bits per heavy atom. The molecule has 1 fully saturated rings. The Hall–Kier alpha value is -2.56. The number of nitrogens with zero attached hydrogens (tertiary/aromatic N) is 2. The van der Waals surface area contributed by atoms with E-state index in [1.165, 1.54) is 4.90 Å². The zero-order valence-corrected chi connectivity index (χ0v) is 14.5. The molecule has 1 aliphatic carbocycles. The normalized spacial score (nSPS) is 19.6. The Bertz CT molecular complexity index is 864. The summed E-state index contributed by atoms with van der Waals surface area (Å²) in [5.41, 5.74) is 4.41. The molecule has 0 spiro atoms. The average Bonchev–Trinajstić information content (AvgIpc) is 3.38. The van der Waals surface area contributed by atoms with E-state index in [0.717, 1.165) is 35.4 Å². The number of benzene rings is 1. The van der Waals surface area contributed by atoms with Crippen molar-refractivity contribution >= 4 is 11.9 Å². The molecule has 1 amide bonds. The van der Waals surface area contributed by atoms with Crippen molar-refractivity contribution in [1.82, 2.24) is 9.47 Å². The van der Waals surface area contributed by atoms with Crippen LogP contribution in [0.5, 0.6) is 0 Å². The molecule has 25 heavy (non-hydrogen) atoms. The van der Waals surface area contributed by atoms with Gasteiger partial charge in [0.15, 0.2) is 6.04 Å². The van der Waals surface area contributed by atoms with Crippen molar-refractivity contribution in [1.29, 1.82) is 0 Å². The van der Waals surface area contributed by atoms with Gasteiger partial charge in [0.2, 0.25) is 0 Å². The van der Waals surface area contributed by atoms with Crippen molar-refractivity contribution in [2.45, 2.75) is 45.2 Å². The molecule has 1 N–H and O–H groups in total. The average molecular weight is 338 g/mol. The van der Waals surface area contributed by atoms with Crippen molar-refractivity contribution in [2.75, 3.05) is 6.54 Å². The Balaban J connectivity index is 1.73. The third kappa shape index (κ3) is 2.54. The number of carboxylic acids is 1. The maximum atomic E-state index is 13.2. The molecule has 0 saturated heterocycles. The van der Waals surface area contributed by atoms with Gasteiger partial charge in [-0.25, -0.2) is 4.79 Å². The maximum absolute atomic E-state index is 13.2. The molecule has 4 rings (SSSR count). The van der Waals surface area contributed by atoms with Gasteiger partial charge in [-0.1, -0.05) is 24.3 Å². The van der Waals surface area contributed by atoms with Crippen LogP contribution < -0.4 is 0 Å². The fourth-order valence-electron chi connectivity index (χ4n) is 4.09. The summed E-state index contributed by atoms with van der Waals surface area (Å²) in [6.07, 6.45) is 2.99.